The number of rotatable bonds is 4. The lowest BCUT2D eigenvalue weighted by atomic mass is 10.1. The summed E-state index contributed by atoms with van der Waals surface area (Å²) in [6.07, 6.45) is 2.40. The van der Waals surface area contributed by atoms with Crippen LogP contribution in [0, 0.1) is 13.8 Å². The number of hydrogen-bond donors (Lipinski definition) is 1. The molecule has 0 bridgehead atoms. The van der Waals surface area contributed by atoms with Gasteiger partial charge in [0.15, 0.2) is 0 Å². The monoisotopic (exact) mass is 261 g/mol. The Morgan fingerprint density at radius 3 is 2.58 bits per heavy atom. The molecule has 6 nitrogen and oxygen atoms in total. The zero-order chi connectivity index (χ0) is 14.0. The van der Waals surface area contributed by atoms with Crippen molar-refractivity contribution in [3.05, 3.63) is 34.9 Å². The Hall–Kier alpha value is -2.11. The maximum Gasteiger partial charge on any atom is 0.269 e. The van der Waals surface area contributed by atoms with Crippen molar-refractivity contribution < 1.29 is 4.79 Å². The molecule has 0 aliphatic heterocycles. The number of hydrogen-bond acceptors (Lipinski definition) is 3. The van der Waals surface area contributed by atoms with E-state index < -0.39 is 0 Å². The van der Waals surface area contributed by atoms with Gasteiger partial charge in [-0.25, -0.2) is 0 Å². The maximum atomic E-state index is 11.9. The minimum atomic E-state index is -0.0980. The van der Waals surface area contributed by atoms with Crippen LogP contribution in [0.4, 0.5) is 0 Å². The molecule has 0 saturated carbocycles. The SMILES string of the molecule is Cc1nn(C)c(C)c1CCNC(=O)c1ccnn1C. The van der Waals surface area contributed by atoms with Crippen molar-refractivity contribution >= 4 is 5.91 Å². The minimum Gasteiger partial charge on any atom is -0.350 e. The van der Waals surface area contributed by atoms with Crippen LogP contribution in [-0.2, 0) is 20.5 Å². The lowest BCUT2D eigenvalue weighted by molar-refractivity contribution is 0.0944. The van der Waals surface area contributed by atoms with E-state index in [-0.39, 0.29) is 5.91 Å². The first kappa shape index (κ1) is 13.3. The van der Waals surface area contributed by atoms with Gasteiger partial charge in [-0.2, -0.15) is 10.2 Å². The average molecular weight is 261 g/mol. The number of nitrogens with zero attached hydrogens (tertiary/aromatic N) is 4. The highest BCUT2D eigenvalue weighted by atomic mass is 16.2. The summed E-state index contributed by atoms with van der Waals surface area (Å²) in [6, 6.07) is 1.70. The number of aryl methyl sites for hydroxylation is 3. The molecule has 1 amide bonds. The van der Waals surface area contributed by atoms with E-state index in [0.717, 1.165) is 17.8 Å². The highest BCUT2D eigenvalue weighted by Gasteiger charge is 2.11. The Balaban J connectivity index is 1.94. The lowest BCUT2D eigenvalue weighted by Crippen LogP contribution is -2.27. The summed E-state index contributed by atoms with van der Waals surface area (Å²) in [7, 11) is 3.68. The van der Waals surface area contributed by atoms with Gasteiger partial charge in [0.05, 0.1) is 5.69 Å². The first-order valence-electron chi connectivity index (χ1n) is 6.26. The van der Waals surface area contributed by atoms with Crippen LogP contribution >= 0.6 is 0 Å². The van der Waals surface area contributed by atoms with Gasteiger partial charge in [-0.15, -0.1) is 0 Å². The summed E-state index contributed by atoms with van der Waals surface area (Å²) in [6.45, 7) is 4.63. The van der Waals surface area contributed by atoms with Gasteiger partial charge in [0.2, 0.25) is 0 Å². The second-order valence-corrected chi connectivity index (χ2v) is 4.62. The van der Waals surface area contributed by atoms with Crippen molar-refractivity contribution in [2.45, 2.75) is 20.3 Å². The molecule has 2 aromatic heterocycles. The minimum absolute atomic E-state index is 0.0980. The molecule has 0 unspecified atom stereocenters. The van der Waals surface area contributed by atoms with Crippen LogP contribution in [0.3, 0.4) is 0 Å². The summed E-state index contributed by atoms with van der Waals surface area (Å²) in [5.74, 6) is -0.0980. The van der Waals surface area contributed by atoms with Crippen LogP contribution in [0.5, 0.6) is 0 Å². The summed E-state index contributed by atoms with van der Waals surface area (Å²) in [4.78, 5) is 11.9. The highest BCUT2D eigenvalue weighted by molar-refractivity contribution is 5.92. The zero-order valence-electron chi connectivity index (χ0n) is 11.8. The standard InChI is InChI=1S/C13H19N5O/c1-9-11(10(2)17(3)16-9)5-7-14-13(19)12-6-8-15-18(12)4/h6,8H,5,7H2,1-4H3,(H,14,19). The highest BCUT2D eigenvalue weighted by Crippen LogP contribution is 2.11. The van der Waals surface area contributed by atoms with Gasteiger partial charge < -0.3 is 5.32 Å². The molecule has 0 saturated heterocycles. The molecule has 2 heterocycles. The molecule has 0 aliphatic rings. The van der Waals surface area contributed by atoms with Gasteiger partial charge in [0.25, 0.3) is 5.91 Å². The normalized spacial score (nSPS) is 10.7. The molecule has 2 aromatic rings. The summed E-state index contributed by atoms with van der Waals surface area (Å²) in [5.41, 5.74) is 3.94. The van der Waals surface area contributed by atoms with Crippen molar-refractivity contribution in [2.24, 2.45) is 14.1 Å². The predicted molar refractivity (Wildman–Crippen MR) is 71.9 cm³/mol. The van der Waals surface area contributed by atoms with Crippen LogP contribution in [0.2, 0.25) is 0 Å². The Kier molecular flexibility index (Phi) is 3.69. The lowest BCUT2D eigenvalue weighted by Gasteiger charge is -2.06. The van der Waals surface area contributed by atoms with Gasteiger partial charge in [0, 0.05) is 32.5 Å². The van der Waals surface area contributed by atoms with E-state index in [1.165, 1.54) is 5.56 Å². The Bertz CT molecular complexity index is 596. The largest absolute Gasteiger partial charge is 0.350 e. The molecule has 102 valence electrons. The first-order valence-corrected chi connectivity index (χ1v) is 6.26. The maximum absolute atomic E-state index is 11.9. The molecule has 2 rings (SSSR count). The van der Waals surface area contributed by atoms with E-state index in [1.54, 1.807) is 24.0 Å². The Labute approximate surface area is 112 Å². The van der Waals surface area contributed by atoms with Crippen molar-refractivity contribution in [2.75, 3.05) is 6.54 Å². The van der Waals surface area contributed by atoms with E-state index in [1.807, 2.05) is 25.6 Å². The van der Waals surface area contributed by atoms with Crippen molar-refractivity contribution in [3.63, 3.8) is 0 Å². The summed E-state index contributed by atoms with van der Waals surface area (Å²) < 4.78 is 3.43. The van der Waals surface area contributed by atoms with Crippen LogP contribution in [0.15, 0.2) is 12.3 Å². The summed E-state index contributed by atoms with van der Waals surface area (Å²) >= 11 is 0. The predicted octanol–water partition coefficient (Wildman–Crippen LogP) is 0.743. The average Bonchev–Trinajstić information content (AvgIpc) is 2.88. The van der Waals surface area contributed by atoms with E-state index in [0.29, 0.717) is 12.2 Å². The molecular weight excluding hydrogens is 242 g/mol. The summed E-state index contributed by atoms with van der Waals surface area (Å²) in [5, 5.41) is 11.2. The van der Waals surface area contributed by atoms with Gasteiger partial charge >= 0.3 is 0 Å². The molecule has 0 spiro atoms. The smallest absolute Gasteiger partial charge is 0.269 e. The van der Waals surface area contributed by atoms with E-state index in [9.17, 15) is 4.79 Å². The molecule has 0 fully saturated rings. The molecule has 0 aromatic carbocycles. The second kappa shape index (κ2) is 5.26. The third-order valence-corrected chi connectivity index (χ3v) is 3.37. The van der Waals surface area contributed by atoms with E-state index >= 15 is 0 Å². The molecule has 0 radical (unpaired) electrons. The van der Waals surface area contributed by atoms with Crippen LogP contribution in [0.1, 0.15) is 27.4 Å². The topological polar surface area (TPSA) is 64.7 Å². The number of aromatic nitrogens is 4. The molecule has 6 heteroatoms. The van der Waals surface area contributed by atoms with Crippen molar-refractivity contribution in [1.29, 1.82) is 0 Å². The van der Waals surface area contributed by atoms with Gasteiger partial charge in [-0.3, -0.25) is 14.2 Å². The van der Waals surface area contributed by atoms with Crippen molar-refractivity contribution in [3.8, 4) is 0 Å². The fourth-order valence-corrected chi connectivity index (χ4v) is 2.17. The molecular formula is C13H19N5O. The number of amides is 1. The van der Waals surface area contributed by atoms with E-state index in [2.05, 4.69) is 15.5 Å². The van der Waals surface area contributed by atoms with Crippen molar-refractivity contribution in [1.82, 2.24) is 24.9 Å². The van der Waals surface area contributed by atoms with Gasteiger partial charge in [-0.1, -0.05) is 0 Å². The third-order valence-electron chi connectivity index (χ3n) is 3.37. The number of carbonyl (C=O) groups excluding carboxylic acids is 1. The van der Waals surface area contributed by atoms with Crippen LogP contribution in [0.25, 0.3) is 0 Å². The van der Waals surface area contributed by atoms with Crippen LogP contribution in [-0.4, -0.2) is 32.0 Å². The zero-order valence-corrected chi connectivity index (χ0v) is 11.8. The Morgan fingerprint density at radius 2 is 2.05 bits per heavy atom. The first-order chi connectivity index (χ1) is 9.00. The number of carbonyl (C=O) groups is 1. The molecule has 1 N–H and O–H groups in total. The van der Waals surface area contributed by atoms with Gasteiger partial charge in [-0.05, 0) is 31.9 Å². The molecule has 0 atom stereocenters. The molecule has 19 heavy (non-hydrogen) atoms. The van der Waals surface area contributed by atoms with E-state index in [4.69, 9.17) is 0 Å². The fraction of sp³-hybridized carbons (Fsp3) is 0.462. The quantitative estimate of drug-likeness (QED) is 0.883. The fourth-order valence-electron chi connectivity index (χ4n) is 2.17. The Morgan fingerprint density at radius 1 is 1.32 bits per heavy atom. The van der Waals surface area contributed by atoms with Gasteiger partial charge in [0.1, 0.15) is 5.69 Å². The van der Waals surface area contributed by atoms with Crippen LogP contribution < -0.4 is 5.32 Å². The third kappa shape index (κ3) is 2.67. The number of nitrogens with one attached hydrogen (secondary N) is 1. The molecule has 0 aliphatic carbocycles. The second-order valence-electron chi connectivity index (χ2n) is 4.62.